The molecule has 0 aliphatic carbocycles. The molecule has 1 heterocycles. The van der Waals surface area contributed by atoms with E-state index in [9.17, 15) is 4.79 Å². The van der Waals surface area contributed by atoms with Gasteiger partial charge >= 0.3 is 0 Å². The largest absolute Gasteiger partial charge is 0.368 e. The molecule has 14 heavy (non-hydrogen) atoms. The standard InChI is InChI=1S/C7H13N5OS/c1-4(5(13)12(2)3)14-7-9-6(8)10-11-7/h4H,1-3H3,(H3,8,9,10,11). The van der Waals surface area contributed by atoms with Gasteiger partial charge in [0.1, 0.15) is 0 Å². The van der Waals surface area contributed by atoms with Crippen LogP contribution in [0.1, 0.15) is 6.92 Å². The van der Waals surface area contributed by atoms with Crippen molar-refractivity contribution in [2.45, 2.75) is 17.3 Å². The number of nitrogens with zero attached hydrogens (tertiary/aromatic N) is 3. The number of nitrogen functional groups attached to an aromatic ring is 1. The van der Waals surface area contributed by atoms with Crippen molar-refractivity contribution in [3.05, 3.63) is 0 Å². The van der Waals surface area contributed by atoms with Crippen molar-refractivity contribution in [2.75, 3.05) is 19.8 Å². The molecule has 1 rings (SSSR count). The molecule has 1 aromatic heterocycles. The molecular formula is C7H13N5OS. The Morgan fingerprint density at radius 3 is 2.71 bits per heavy atom. The first-order chi connectivity index (χ1) is 6.50. The normalized spacial score (nSPS) is 12.5. The highest BCUT2D eigenvalue weighted by molar-refractivity contribution is 8.00. The summed E-state index contributed by atoms with van der Waals surface area (Å²) in [6, 6.07) is 0. The zero-order valence-electron chi connectivity index (χ0n) is 8.31. The number of aromatic nitrogens is 3. The molecule has 0 aromatic carbocycles. The first-order valence-corrected chi connectivity index (χ1v) is 4.94. The molecule has 7 heteroatoms. The van der Waals surface area contributed by atoms with E-state index >= 15 is 0 Å². The predicted molar refractivity (Wildman–Crippen MR) is 54.8 cm³/mol. The SMILES string of the molecule is CC(Sc1n[nH]c(N)n1)C(=O)N(C)C. The van der Waals surface area contributed by atoms with E-state index in [2.05, 4.69) is 15.2 Å². The number of aromatic amines is 1. The lowest BCUT2D eigenvalue weighted by Crippen LogP contribution is -2.29. The Balaban J connectivity index is 2.57. The molecule has 0 saturated heterocycles. The minimum atomic E-state index is -0.208. The van der Waals surface area contributed by atoms with E-state index in [0.717, 1.165) is 0 Å². The van der Waals surface area contributed by atoms with Gasteiger partial charge in [-0.15, -0.1) is 5.10 Å². The third kappa shape index (κ3) is 2.63. The number of thioether (sulfide) groups is 1. The third-order valence-electron chi connectivity index (χ3n) is 1.55. The molecule has 0 fully saturated rings. The van der Waals surface area contributed by atoms with Crippen LogP contribution in [-0.4, -0.2) is 45.3 Å². The van der Waals surface area contributed by atoms with Gasteiger partial charge in [-0.1, -0.05) is 11.8 Å². The van der Waals surface area contributed by atoms with Crippen LogP contribution < -0.4 is 5.73 Å². The van der Waals surface area contributed by atoms with Crippen LogP contribution >= 0.6 is 11.8 Å². The van der Waals surface area contributed by atoms with Crippen LogP contribution in [0.15, 0.2) is 5.16 Å². The van der Waals surface area contributed by atoms with Gasteiger partial charge in [-0.05, 0) is 6.92 Å². The summed E-state index contributed by atoms with van der Waals surface area (Å²) in [5.41, 5.74) is 5.35. The summed E-state index contributed by atoms with van der Waals surface area (Å²) in [4.78, 5) is 16.9. The Kier molecular flexibility index (Phi) is 3.34. The molecule has 6 nitrogen and oxygen atoms in total. The minimum Gasteiger partial charge on any atom is -0.368 e. The third-order valence-corrected chi connectivity index (χ3v) is 2.50. The molecule has 1 amide bonds. The summed E-state index contributed by atoms with van der Waals surface area (Å²) in [7, 11) is 3.43. The molecule has 78 valence electrons. The molecule has 0 saturated carbocycles. The molecule has 0 aliphatic rings. The van der Waals surface area contributed by atoms with E-state index in [1.807, 2.05) is 0 Å². The van der Waals surface area contributed by atoms with Crippen LogP contribution in [0.2, 0.25) is 0 Å². The quantitative estimate of drug-likeness (QED) is 0.690. The van der Waals surface area contributed by atoms with Gasteiger partial charge in [0.25, 0.3) is 0 Å². The Morgan fingerprint density at radius 2 is 2.29 bits per heavy atom. The number of hydrogen-bond donors (Lipinski definition) is 2. The highest BCUT2D eigenvalue weighted by Gasteiger charge is 2.17. The van der Waals surface area contributed by atoms with Crippen LogP contribution in [0.4, 0.5) is 5.95 Å². The number of nitrogens with one attached hydrogen (secondary N) is 1. The number of amides is 1. The van der Waals surface area contributed by atoms with Crippen molar-refractivity contribution in [1.82, 2.24) is 20.1 Å². The summed E-state index contributed by atoms with van der Waals surface area (Å²) in [6.07, 6.45) is 0. The Hall–Kier alpha value is -1.24. The lowest BCUT2D eigenvalue weighted by molar-refractivity contribution is -0.127. The topological polar surface area (TPSA) is 87.9 Å². The van der Waals surface area contributed by atoms with Crippen LogP contribution in [0.25, 0.3) is 0 Å². The maximum atomic E-state index is 11.5. The van der Waals surface area contributed by atoms with Gasteiger partial charge in [0.2, 0.25) is 17.0 Å². The van der Waals surface area contributed by atoms with E-state index in [1.54, 1.807) is 21.0 Å². The lowest BCUT2D eigenvalue weighted by Gasteiger charge is -2.14. The van der Waals surface area contributed by atoms with Crippen molar-refractivity contribution in [2.24, 2.45) is 0 Å². The highest BCUT2D eigenvalue weighted by Crippen LogP contribution is 2.20. The summed E-state index contributed by atoms with van der Waals surface area (Å²) in [6.45, 7) is 1.81. The minimum absolute atomic E-state index is 0.0263. The maximum Gasteiger partial charge on any atom is 0.235 e. The molecular weight excluding hydrogens is 202 g/mol. The van der Waals surface area contributed by atoms with Gasteiger partial charge in [-0.25, -0.2) is 5.10 Å². The molecule has 0 aliphatic heterocycles. The Bertz CT molecular complexity index is 324. The zero-order chi connectivity index (χ0) is 10.7. The first-order valence-electron chi connectivity index (χ1n) is 4.06. The molecule has 3 N–H and O–H groups in total. The monoisotopic (exact) mass is 215 g/mol. The second kappa shape index (κ2) is 4.32. The summed E-state index contributed by atoms with van der Waals surface area (Å²) >= 11 is 1.28. The number of carbonyl (C=O) groups excluding carboxylic acids is 1. The van der Waals surface area contributed by atoms with Gasteiger partial charge in [0, 0.05) is 14.1 Å². The fourth-order valence-corrected chi connectivity index (χ4v) is 1.76. The maximum absolute atomic E-state index is 11.5. The second-order valence-corrected chi connectivity index (χ2v) is 4.30. The molecule has 1 aromatic rings. The number of anilines is 1. The van der Waals surface area contributed by atoms with Crippen LogP contribution in [0.3, 0.4) is 0 Å². The average Bonchev–Trinajstić information content (AvgIpc) is 2.49. The number of H-pyrrole nitrogens is 1. The van der Waals surface area contributed by atoms with Crippen molar-refractivity contribution in [3.8, 4) is 0 Å². The van der Waals surface area contributed by atoms with E-state index in [1.165, 1.54) is 16.7 Å². The number of carbonyl (C=O) groups is 1. The van der Waals surface area contributed by atoms with E-state index < -0.39 is 0 Å². The second-order valence-electron chi connectivity index (χ2n) is 3.00. The van der Waals surface area contributed by atoms with Crippen molar-refractivity contribution < 1.29 is 4.79 Å². The van der Waals surface area contributed by atoms with Crippen molar-refractivity contribution in [3.63, 3.8) is 0 Å². The molecule has 0 bridgehead atoms. The van der Waals surface area contributed by atoms with E-state index in [4.69, 9.17) is 5.73 Å². The molecule has 1 atom stereocenters. The number of nitrogens with two attached hydrogens (primary N) is 1. The van der Waals surface area contributed by atoms with Crippen molar-refractivity contribution >= 4 is 23.6 Å². The number of hydrogen-bond acceptors (Lipinski definition) is 5. The predicted octanol–water partition coefficient (Wildman–Crippen LogP) is -0.0443. The van der Waals surface area contributed by atoms with E-state index in [0.29, 0.717) is 5.16 Å². The summed E-state index contributed by atoms with van der Waals surface area (Å²) in [5, 5.41) is 6.62. The highest BCUT2D eigenvalue weighted by atomic mass is 32.2. The zero-order valence-corrected chi connectivity index (χ0v) is 9.13. The Labute approximate surface area is 86.3 Å². The Morgan fingerprint density at radius 1 is 1.64 bits per heavy atom. The fourth-order valence-electron chi connectivity index (χ4n) is 0.883. The first kappa shape index (κ1) is 10.8. The van der Waals surface area contributed by atoms with Gasteiger partial charge in [0.15, 0.2) is 0 Å². The number of rotatable bonds is 3. The summed E-state index contributed by atoms with van der Waals surface area (Å²) < 4.78 is 0. The smallest absolute Gasteiger partial charge is 0.235 e. The van der Waals surface area contributed by atoms with Crippen LogP contribution in [0.5, 0.6) is 0 Å². The van der Waals surface area contributed by atoms with Crippen LogP contribution in [-0.2, 0) is 4.79 Å². The van der Waals surface area contributed by atoms with Crippen molar-refractivity contribution in [1.29, 1.82) is 0 Å². The lowest BCUT2D eigenvalue weighted by atomic mass is 10.4. The molecule has 1 unspecified atom stereocenters. The molecule has 0 radical (unpaired) electrons. The van der Waals surface area contributed by atoms with Gasteiger partial charge in [-0.2, -0.15) is 4.98 Å². The average molecular weight is 215 g/mol. The molecule has 0 spiro atoms. The van der Waals surface area contributed by atoms with Gasteiger partial charge in [0.05, 0.1) is 5.25 Å². The van der Waals surface area contributed by atoms with Crippen LogP contribution in [0, 0.1) is 0 Å². The van der Waals surface area contributed by atoms with Gasteiger partial charge < -0.3 is 10.6 Å². The fraction of sp³-hybridized carbons (Fsp3) is 0.571. The van der Waals surface area contributed by atoms with Gasteiger partial charge in [-0.3, -0.25) is 4.79 Å². The van der Waals surface area contributed by atoms with E-state index in [-0.39, 0.29) is 17.1 Å². The summed E-state index contributed by atoms with van der Waals surface area (Å²) in [5.74, 6) is 0.287.